The van der Waals surface area contributed by atoms with Gasteiger partial charge in [0, 0.05) is 6.04 Å². The Hall–Kier alpha value is -0.820. The van der Waals surface area contributed by atoms with Crippen molar-refractivity contribution in [2.75, 3.05) is 6.54 Å². The minimum atomic E-state index is 0.386. The van der Waals surface area contributed by atoms with E-state index < -0.39 is 0 Å². The van der Waals surface area contributed by atoms with Crippen LogP contribution in [0.4, 0.5) is 0 Å². The largest absolute Gasteiger partial charge is 0.314 e. The molecule has 1 rings (SSSR count). The molecule has 1 N–H and O–H groups in total. The lowest BCUT2D eigenvalue weighted by Gasteiger charge is -2.26. The zero-order valence-corrected chi connectivity index (χ0v) is 12.0. The molecule has 96 valence electrons. The molecule has 1 heteroatoms. The lowest BCUT2D eigenvalue weighted by molar-refractivity contribution is 0.309. The molecule has 0 radical (unpaired) electrons. The van der Waals surface area contributed by atoms with Crippen LogP contribution in [0.1, 0.15) is 45.2 Å². The molecule has 1 aromatic carbocycles. The molecule has 0 saturated heterocycles. The Balaban J connectivity index is 2.63. The Morgan fingerprint density at radius 2 is 1.71 bits per heavy atom. The molecule has 1 aromatic rings. The zero-order valence-electron chi connectivity index (χ0n) is 12.0. The van der Waals surface area contributed by atoms with Gasteiger partial charge in [0.2, 0.25) is 0 Å². The first kappa shape index (κ1) is 14.2. The van der Waals surface area contributed by atoms with Crippen LogP contribution in [-0.4, -0.2) is 12.6 Å². The van der Waals surface area contributed by atoms with E-state index in [-0.39, 0.29) is 0 Å². The van der Waals surface area contributed by atoms with E-state index in [1.807, 2.05) is 0 Å². The van der Waals surface area contributed by atoms with Gasteiger partial charge in [-0.2, -0.15) is 0 Å². The number of likely N-dealkylation sites (N-methyl/N-ethyl adjacent to an activating group) is 1. The Bertz CT molecular complexity index is 318. The Labute approximate surface area is 107 Å². The van der Waals surface area contributed by atoms with Gasteiger partial charge in [0.05, 0.1) is 0 Å². The van der Waals surface area contributed by atoms with Crippen molar-refractivity contribution in [2.24, 2.45) is 5.41 Å². The maximum Gasteiger partial charge on any atom is 0.0112 e. The van der Waals surface area contributed by atoms with Crippen LogP contribution < -0.4 is 5.32 Å². The fourth-order valence-corrected chi connectivity index (χ4v) is 2.25. The van der Waals surface area contributed by atoms with Crippen LogP contribution >= 0.6 is 0 Å². The molecule has 0 aliphatic rings. The summed E-state index contributed by atoms with van der Waals surface area (Å²) in [6.45, 7) is 12.3. The summed E-state index contributed by atoms with van der Waals surface area (Å²) in [7, 11) is 0. The van der Waals surface area contributed by atoms with Gasteiger partial charge >= 0.3 is 0 Å². The van der Waals surface area contributed by atoms with Gasteiger partial charge in [-0.05, 0) is 37.3 Å². The Morgan fingerprint density at radius 1 is 1.12 bits per heavy atom. The topological polar surface area (TPSA) is 12.0 Å². The third-order valence-electron chi connectivity index (χ3n) is 2.95. The van der Waals surface area contributed by atoms with E-state index in [0.29, 0.717) is 11.5 Å². The summed E-state index contributed by atoms with van der Waals surface area (Å²) < 4.78 is 0. The average molecular weight is 233 g/mol. The van der Waals surface area contributed by atoms with Crippen molar-refractivity contribution in [1.29, 1.82) is 0 Å². The highest BCUT2D eigenvalue weighted by Gasteiger charge is 2.18. The minimum absolute atomic E-state index is 0.386. The molecule has 17 heavy (non-hydrogen) atoms. The summed E-state index contributed by atoms with van der Waals surface area (Å²) in [5.41, 5.74) is 3.16. The lowest BCUT2D eigenvalue weighted by Crippen LogP contribution is -2.34. The van der Waals surface area contributed by atoms with Gasteiger partial charge in [-0.1, -0.05) is 57.5 Å². The van der Waals surface area contributed by atoms with E-state index in [2.05, 4.69) is 64.2 Å². The van der Waals surface area contributed by atoms with Crippen molar-refractivity contribution < 1.29 is 0 Å². The molecular weight excluding hydrogens is 206 g/mol. The van der Waals surface area contributed by atoms with Gasteiger partial charge in [0.1, 0.15) is 0 Å². The van der Waals surface area contributed by atoms with Gasteiger partial charge in [-0.15, -0.1) is 0 Å². The normalized spacial score (nSPS) is 13.7. The van der Waals surface area contributed by atoms with Gasteiger partial charge in [-0.3, -0.25) is 0 Å². The monoisotopic (exact) mass is 233 g/mol. The summed E-state index contributed by atoms with van der Waals surface area (Å²) in [6.07, 6.45) is 2.35. The number of rotatable bonds is 5. The summed E-state index contributed by atoms with van der Waals surface area (Å²) in [5, 5.41) is 3.60. The fourth-order valence-electron chi connectivity index (χ4n) is 2.25. The molecule has 0 amide bonds. The first-order valence-electron chi connectivity index (χ1n) is 6.69. The molecule has 1 nitrogen and oxygen atoms in total. The Morgan fingerprint density at radius 3 is 2.18 bits per heavy atom. The van der Waals surface area contributed by atoms with Crippen LogP contribution in [-0.2, 0) is 6.42 Å². The number of hydrogen-bond donors (Lipinski definition) is 1. The predicted molar refractivity (Wildman–Crippen MR) is 76.4 cm³/mol. The van der Waals surface area contributed by atoms with Crippen molar-refractivity contribution in [1.82, 2.24) is 5.32 Å². The highest BCUT2D eigenvalue weighted by Crippen LogP contribution is 2.22. The lowest BCUT2D eigenvalue weighted by atomic mass is 9.86. The van der Waals surface area contributed by atoms with Crippen LogP contribution in [0.3, 0.4) is 0 Å². The van der Waals surface area contributed by atoms with Crippen molar-refractivity contribution in [3.8, 4) is 0 Å². The van der Waals surface area contributed by atoms with Crippen LogP contribution in [0.25, 0.3) is 0 Å². The van der Waals surface area contributed by atoms with Crippen molar-refractivity contribution in [3.63, 3.8) is 0 Å². The van der Waals surface area contributed by atoms with Crippen molar-refractivity contribution in [3.05, 3.63) is 35.4 Å². The third kappa shape index (κ3) is 5.88. The maximum absolute atomic E-state index is 3.60. The predicted octanol–water partition coefficient (Wildman–Crippen LogP) is 3.95. The van der Waals surface area contributed by atoms with Gasteiger partial charge in [0.25, 0.3) is 0 Å². The first-order chi connectivity index (χ1) is 7.90. The molecule has 0 fully saturated rings. The third-order valence-corrected chi connectivity index (χ3v) is 2.95. The number of benzene rings is 1. The van der Waals surface area contributed by atoms with E-state index in [1.165, 1.54) is 17.5 Å². The summed E-state index contributed by atoms with van der Waals surface area (Å²) in [5.74, 6) is 0. The molecule has 0 aromatic heterocycles. The second kappa shape index (κ2) is 6.20. The molecule has 0 bridgehead atoms. The first-order valence-corrected chi connectivity index (χ1v) is 6.69. The smallest absolute Gasteiger partial charge is 0.0112 e. The molecule has 0 saturated carbocycles. The van der Waals surface area contributed by atoms with Crippen LogP contribution in [0.2, 0.25) is 0 Å². The van der Waals surface area contributed by atoms with E-state index >= 15 is 0 Å². The molecular formula is C16H27N. The second-order valence-corrected chi connectivity index (χ2v) is 6.21. The molecule has 0 heterocycles. The number of aryl methyl sites for hydroxylation is 1. The quantitative estimate of drug-likeness (QED) is 0.812. The van der Waals surface area contributed by atoms with Crippen LogP contribution in [0, 0.1) is 12.3 Å². The van der Waals surface area contributed by atoms with Gasteiger partial charge in [0.15, 0.2) is 0 Å². The Kier molecular flexibility index (Phi) is 5.20. The average Bonchev–Trinajstić information content (AvgIpc) is 2.19. The summed E-state index contributed by atoms with van der Waals surface area (Å²) in [6, 6.07) is 9.50. The molecule has 0 aliphatic carbocycles. The zero-order chi connectivity index (χ0) is 12.9. The molecule has 0 aliphatic heterocycles. The molecule has 0 spiro atoms. The minimum Gasteiger partial charge on any atom is -0.314 e. The van der Waals surface area contributed by atoms with E-state index in [4.69, 9.17) is 0 Å². The van der Waals surface area contributed by atoms with Gasteiger partial charge < -0.3 is 5.32 Å². The van der Waals surface area contributed by atoms with Gasteiger partial charge in [-0.25, -0.2) is 0 Å². The standard InChI is InChI=1S/C16H27N/c1-6-17-15(12-16(3,4)5)11-14-9-7-13(2)8-10-14/h7-10,15,17H,6,11-12H2,1-5H3. The summed E-state index contributed by atoms with van der Waals surface area (Å²) in [4.78, 5) is 0. The highest BCUT2D eigenvalue weighted by atomic mass is 14.9. The van der Waals surface area contributed by atoms with Crippen molar-refractivity contribution >= 4 is 0 Å². The highest BCUT2D eigenvalue weighted by molar-refractivity contribution is 5.22. The maximum atomic E-state index is 3.60. The van der Waals surface area contributed by atoms with Crippen LogP contribution in [0.5, 0.6) is 0 Å². The second-order valence-electron chi connectivity index (χ2n) is 6.21. The van der Waals surface area contributed by atoms with Crippen LogP contribution in [0.15, 0.2) is 24.3 Å². The fraction of sp³-hybridized carbons (Fsp3) is 0.625. The number of hydrogen-bond acceptors (Lipinski definition) is 1. The number of nitrogens with one attached hydrogen (secondary N) is 1. The van der Waals surface area contributed by atoms with E-state index in [9.17, 15) is 0 Å². The summed E-state index contributed by atoms with van der Waals surface area (Å²) >= 11 is 0. The SMILES string of the molecule is CCNC(Cc1ccc(C)cc1)CC(C)(C)C. The van der Waals surface area contributed by atoms with E-state index in [1.54, 1.807) is 0 Å². The van der Waals surface area contributed by atoms with Crippen molar-refractivity contribution in [2.45, 2.75) is 53.5 Å². The molecule has 1 unspecified atom stereocenters. The molecule has 1 atom stereocenters. The van der Waals surface area contributed by atoms with E-state index in [0.717, 1.165) is 13.0 Å².